The fraction of sp³-hybridized carbons (Fsp3) is 0.320. The largest absolute Gasteiger partial charge is 0.508 e. The van der Waals surface area contributed by atoms with Gasteiger partial charge in [0.15, 0.2) is 0 Å². The number of H-pyrrole nitrogens is 1. The molecule has 2 bridgehead atoms. The number of phenols is 1. The number of para-hydroxylation sites is 1. The van der Waals surface area contributed by atoms with Crippen molar-refractivity contribution in [1.82, 2.24) is 4.98 Å². The molecule has 6 nitrogen and oxygen atoms in total. The molecule has 2 aromatic carbocycles. The van der Waals surface area contributed by atoms with Gasteiger partial charge in [-0.15, -0.1) is 11.8 Å². The normalized spacial score (nSPS) is 33.8. The summed E-state index contributed by atoms with van der Waals surface area (Å²) >= 11 is 2.93. The number of anilines is 1. The molecule has 4 aliphatic rings. The SMILES string of the molecule is O=C1[C@H]2[C@H]3C[C@@H]([C@@H]4Sc5[nH]c(=O)sc5[C@@H](c5ccc(O)cc5)[C@@H]34)[C@@H]2C(=O)N1c1ccccc1. The minimum atomic E-state index is -0.304. The number of benzene rings is 2. The van der Waals surface area contributed by atoms with Crippen molar-refractivity contribution in [1.29, 1.82) is 0 Å². The molecule has 2 aliphatic carbocycles. The van der Waals surface area contributed by atoms with Gasteiger partial charge in [0, 0.05) is 16.0 Å². The quantitative estimate of drug-likeness (QED) is 0.549. The zero-order valence-corrected chi connectivity index (χ0v) is 19.0. The average molecular weight is 477 g/mol. The Hall–Kier alpha value is -2.84. The summed E-state index contributed by atoms with van der Waals surface area (Å²) in [6.45, 7) is 0. The number of aromatic hydroxyl groups is 1. The molecule has 2 amide bonds. The van der Waals surface area contributed by atoms with E-state index in [-0.39, 0.29) is 63.2 Å². The number of imide groups is 1. The Balaban J connectivity index is 1.34. The molecule has 166 valence electrons. The minimum absolute atomic E-state index is 0.0274. The first-order chi connectivity index (χ1) is 16.0. The van der Waals surface area contributed by atoms with Gasteiger partial charge in [-0.2, -0.15) is 0 Å². The molecular weight excluding hydrogens is 456 g/mol. The van der Waals surface area contributed by atoms with Crippen LogP contribution in [0.15, 0.2) is 64.4 Å². The minimum Gasteiger partial charge on any atom is -0.508 e. The number of phenolic OH excluding ortho intramolecular Hbond substituents is 1. The second kappa shape index (κ2) is 6.84. The molecule has 1 aromatic heterocycles. The van der Waals surface area contributed by atoms with Gasteiger partial charge in [-0.05, 0) is 54.0 Å². The number of rotatable bonds is 2. The zero-order valence-electron chi connectivity index (χ0n) is 17.4. The highest BCUT2D eigenvalue weighted by Gasteiger charge is 2.69. The van der Waals surface area contributed by atoms with E-state index in [4.69, 9.17) is 0 Å². The van der Waals surface area contributed by atoms with Crippen molar-refractivity contribution < 1.29 is 14.7 Å². The first kappa shape index (κ1) is 19.6. The smallest absolute Gasteiger partial charge is 0.305 e. The number of aromatic amines is 1. The van der Waals surface area contributed by atoms with Crippen LogP contribution in [0.4, 0.5) is 5.69 Å². The Labute approximate surface area is 197 Å². The fourth-order valence-electron chi connectivity index (χ4n) is 6.90. The molecule has 8 heteroatoms. The first-order valence-electron chi connectivity index (χ1n) is 11.1. The molecule has 2 N–H and O–H groups in total. The van der Waals surface area contributed by atoms with E-state index in [2.05, 4.69) is 4.98 Å². The third-order valence-corrected chi connectivity index (χ3v) is 10.6. The van der Waals surface area contributed by atoms with Gasteiger partial charge >= 0.3 is 4.87 Å². The summed E-state index contributed by atoms with van der Waals surface area (Å²) in [5.74, 6) is -0.213. The fourth-order valence-corrected chi connectivity index (χ4v) is 9.79. The molecule has 2 aliphatic heterocycles. The number of thioether (sulfide) groups is 1. The lowest BCUT2D eigenvalue weighted by atomic mass is 9.68. The summed E-state index contributed by atoms with van der Waals surface area (Å²) < 4.78 is 0. The lowest BCUT2D eigenvalue weighted by Gasteiger charge is -2.43. The molecule has 7 atom stereocenters. The Kier molecular flexibility index (Phi) is 4.06. The van der Waals surface area contributed by atoms with Gasteiger partial charge < -0.3 is 10.1 Å². The molecule has 3 heterocycles. The van der Waals surface area contributed by atoms with Crippen molar-refractivity contribution in [2.45, 2.75) is 22.6 Å². The van der Waals surface area contributed by atoms with Crippen molar-refractivity contribution in [2.24, 2.45) is 29.6 Å². The van der Waals surface area contributed by atoms with Crippen LogP contribution in [0, 0.1) is 29.6 Å². The summed E-state index contributed by atoms with van der Waals surface area (Å²) in [4.78, 5) is 44.8. The molecule has 1 saturated heterocycles. The standard InChI is InChI=1S/C25H20N2O4S2/c28-13-8-6-11(7-9-13)16-17-14-10-15(20(17)32-22-21(16)33-25(31)26-22)19-18(14)23(29)27(24(19)30)12-4-2-1-3-5-12/h1-9,14-20,28H,10H2,(H,26,31)/t14-,15+,16-,17+,18-,19-,20-/m0/s1. The Morgan fingerprint density at radius 1 is 0.909 bits per heavy atom. The number of nitrogens with one attached hydrogen (secondary N) is 1. The van der Waals surface area contributed by atoms with Crippen LogP contribution >= 0.6 is 23.1 Å². The molecule has 0 spiro atoms. The van der Waals surface area contributed by atoms with Crippen LogP contribution in [0.5, 0.6) is 5.75 Å². The molecule has 3 fully saturated rings. The van der Waals surface area contributed by atoms with Gasteiger partial charge in [-0.1, -0.05) is 41.7 Å². The van der Waals surface area contributed by atoms with Crippen LogP contribution in [-0.4, -0.2) is 27.2 Å². The number of hydrogen-bond acceptors (Lipinski definition) is 6. The third kappa shape index (κ3) is 2.59. The second-order valence-electron chi connectivity index (χ2n) is 9.40. The van der Waals surface area contributed by atoms with Crippen LogP contribution < -0.4 is 9.77 Å². The predicted molar refractivity (Wildman–Crippen MR) is 126 cm³/mol. The highest BCUT2D eigenvalue weighted by molar-refractivity contribution is 8.00. The summed E-state index contributed by atoms with van der Waals surface area (Å²) in [5.41, 5.74) is 1.69. The maximum atomic E-state index is 13.6. The average Bonchev–Trinajstić information content (AvgIpc) is 3.54. The van der Waals surface area contributed by atoms with E-state index in [1.54, 1.807) is 23.9 Å². The number of aromatic nitrogens is 1. The Bertz CT molecular complexity index is 1350. The van der Waals surface area contributed by atoms with Crippen molar-refractivity contribution in [2.75, 3.05) is 4.90 Å². The second-order valence-corrected chi connectivity index (χ2v) is 11.6. The van der Waals surface area contributed by atoms with E-state index in [9.17, 15) is 19.5 Å². The zero-order chi connectivity index (χ0) is 22.4. The van der Waals surface area contributed by atoms with Gasteiger partial charge in [-0.25, -0.2) is 0 Å². The molecule has 2 saturated carbocycles. The van der Waals surface area contributed by atoms with Crippen molar-refractivity contribution in [3.63, 3.8) is 0 Å². The van der Waals surface area contributed by atoms with Gasteiger partial charge in [-0.3, -0.25) is 19.3 Å². The van der Waals surface area contributed by atoms with E-state index in [0.29, 0.717) is 5.69 Å². The maximum absolute atomic E-state index is 13.6. The van der Waals surface area contributed by atoms with E-state index < -0.39 is 0 Å². The number of nitrogens with zero attached hydrogens (tertiary/aromatic N) is 1. The van der Waals surface area contributed by atoms with Crippen molar-refractivity contribution in [3.8, 4) is 5.75 Å². The Morgan fingerprint density at radius 2 is 1.61 bits per heavy atom. The number of fused-ring (bicyclic) bond motifs is 9. The summed E-state index contributed by atoms with van der Waals surface area (Å²) in [7, 11) is 0. The van der Waals surface area contributed by atoms with Gasteiger partial charge in [0.25, 0.3) is 0 Å². The van der Waals surface area contributed by atoms with Crippen LogP contribution in [0.2, 0.25) is 0 Å². The highest BCUT2D eigenvalue weighted by Crippen LogP contribution is 2.68. The number of carbonyl (C=O) groups is 2. The van der Waals surface area contributed by atoms with Crippen LogP contribution in [-0.2, 0) is 9.59 Å². The molecule has 3 aromatic rings. The number of amides is 2. The first-order valence-corrected chi connectivity index (χ1v) is 12.8. The van der Waals surface area contributed by atoms with Crippen LogP contribution in [0.25, 0.3) is 0 Å². The monoisotopic (exact) mass is 476 g/mol. The van der Waals surface area contributed by atoms with Crippen LogP contribution in [0.3, 0.4) is 0 Å². The van der Waals surface area contributed by atoms with Gasteiger partial charge in [0.05, 0.1) is 22.5 Å². The topological polar surface area (TPSA) is 90.5 Å². The number of thiazole rings is 1. The van der Waals surface area contributed by atoms with E-state index in [0.717, 1.165) is 21.9 Å². The molecule has 33 heavy (non-hydrogen) atoms. The molecular formula is C25H20N2O4S2. The predicted octanol–water partition coefficient (Wildman–Crippen LogP) is 3.82. The Morgan fingerprint density at radius 3 is 2.33 bits per heavy atom. The summed E-state index contributed by atoms with van der Waals surface area (Å²) in [5, 5.41) is 10.9. The third-order valence-electron chi connectivity index (χ3n) is 7.99. The van der Waals surface area contributed by atoms with E-state index in [1.807, 2.05) is 42.5 Å². The molecule has 0 unspecified atom stereocenters. The van der Waals surface area contributed by atoms with E-state index >= 15 is 0 Å². The summed E-state index contributed by atoms with van der Waals surface area (Å²) in [6, 6.07) is 16.4. The number of hydrogen-bond donors (Lipinski definition) is 2. The van der Waals surface area contributed by atoms with Gasteiger partial charge in [0.1, 0.15) is 5.75 Å². The van der Waals surface area contributed by atoms with Crippen LogP contribution in [0.1, 0.15) is 22.8 Å². The van der Waals surface area contributed by atoms with Gasteiger partial charge in [0.2, 0.25) is 11.8 Å². The van der Waals surface area contributed by atoms with Crippen molar-refractivity contribution in [3.05, 3.63) is 74.7 Å². The molecule has 0 radical (unpaired) electrons. The molecule has 7 rings (SSSR count). The van der Waals surface area contributed by atoms with Crippen molar-refractivity contribution >= 4 is 40.6 Å². The number of carbonyl (C=O) groups excluding carboxylic acids is 2. The lowest BCUT2D eigenvalue weighted by molar-refractivity contribution is -0.123. The lowest BCUT2D eigenvalue weighted by Crippen LogP contribution is -2.42. The highest BCUT2D eigenvalue weighted by atomic mass is 32.2. The summed E-state index contributed by atoms with van der Waals surface area (Å²) in [6.07, 6.45) is 0.867. The maximum Gasteiger partial charge on any atom is 0.305 e. The van der Waals surface area contributed by atoms with E-state index in [1.165, 1.54) is 16.2 Å².